The first-order chi connectivity index (χ1) is 18.0. The first kappa shape index (κ1) is 25.6. The molecule has 5 rings (SSSR count). The van der Waals surface area contributed by atoms with Gasteiger partial charge in [-0.1, -0.05) is 24.6 Å². The van der Waals surface area contributed by atoms with Gasteiger partial charge in [0.15, 0.2) is 16.9 Å². The van der Waals surface area contributed by atoms with Crippen LogP contribution in [-0.4, -0.2) is 68.3 Å². The van der Waals surface area contributed by atoms with Crippen molar-refractivity contribution in [3.63, 3.8) is 0 Å². The smallest absolute Gasteiger partial charge is 0.290 e. The van der Waals surface area contributed by atoms with Crippen molar-refractivity contribution in [3.8, 4) is 11.5 Å². The van der Waals surface area contributed by atoms with Gasteiger partial charge in [-0.3, -0.25) is 14.5 Å². The lowest BCUT2D eigenvalue weighted by Gasteiger charge is -2.31. The molecular formula is C28H31ClN2O6. The zero-order valence-corrected chi connectivity index (χ0v) is 21.9. The molecule has 2 aromatic carbocycles. The second kappa shape index (κ2) is 11.1. The van der Waals surface area contributed by atoms with E-state index < -0.39 is 6.04 Å². The summed E-state index contributed by atoms with van der Waals surface area (Å²) < 4.78 is 23.3. The van der Waals surface area contributed by atoms with Crippen LogP contribution in [0.2, 0.25) is 5.02 Å². The SMILES string of the molecule is CCCOc1ccc(C2c3c(oc4ccc(Cl)cc4c3=O)C(=O)N2CCN2CCOCC2)cc1OCC. The number of hydrogen-bond donors (Lipinski definition) is 0. The summed E-state index contributed by atoms with van der Waals surface area (Å²) in [5.74, 6) is 0.993. The Kier molecular flexibility index (Phi) is 7.69. The minimum atomic E-state index is -0.623. The maximum atomic E-state index is 13.8. The van der Waals surface area contributed by atoms with Crippen molar-refractivity contribution in [1.82, 2.24) is 9.80 Å². The molecule has 1 aromatic heterocycles. The largest absolute Gasteiger partial charge is 0.490 e. The van der Waals surface area contributed by atoms with E-state index in [0.29, 0.717) is 72.6 Å². The van der Waals surface area contributed by atoms with Gasteiger partial charge in [-0.15, -0.1) is 0 Å². The second-order valence-electron chi connectivity index (χ2n) is 9.16. The van der Waals surface area contributed by atoms with Gasteiger partial charge >= 0.3 is 0 Å². The number of carbonyl (C=O) groups excluding carboxylic acids is 1. The Labute approximate surface area is 220 Å². The number of amides is 1. The molecule has 1 fully saturated rings. The number of rotatable bonds is 9. The Balaban J connectivity index is 1.60. The van der Waals surface area contributed by atoms with E-state index in [4.69, 9.17) is 30.2 Å². The normalized spacial score (nSPS) is 17.9. The average Bonchev–Trinajstić information content (AvgIpc) is 3.19. The monoisotopic (exact) mass is 526 g/mol. The zero-order chi connectivity index (χ0) is 25.9. The number of carbonyl (C=O) groups is 1. The molecule has 0 saturated carbocycles. The van der Waals surface area contributed by atoms with Gasteiger partial charge in [-0.25, -0.2) is 0 Å². The zero-order valence-electron chi connectivity index (χ0n) is 21.1. The van der Waals surface area contributed by atoms with Crippen molar-refractivity contribution in [2.24, 2.45) is 0 Å². The third-order valence-corrected chi connectivity index (χ3v) is 6.97. The highest BCUT2D eigenvalue weighted by Gasteiger charge is 2.43. The molecule has 2 aliphatic heterocycles. The van der Waals surface area contributed by atoms with Crippen LogP contribution in [0.1, 0.15) is 48.0 Å². The predicted octanol–water partition coefficient (Wildman–Crippen LogP) is 4.51. The topological polar surface area (TPSA) is 81.5 Å². The van der Waals surface area contributed by atoms with E-state index in [0.717, 1.165) is 25.1 Å². The lowest BCUT2D eigenvalue weighted by Crippen LogP contribution is -2.42. The van der Waals surface area contributed by atoms with Crippen molar-refractivity contribution < 1.29 is 23.4 Å². The highest BCUT2D eigenvalue weighted by Crippen LogP contribution is 2.41. The van der Waals surface area contributed by atoms with Gasteiger partial charge < -0.3 is 23.5 Å². The molecule has 0 N–H and O–H groups in total. The summed E-state index contributed by atoms with van der Waals surface area (Å²) in [6.07, 6.45) is 0.865. The molecule has 1 unspecified atom stereocenters. The van der Waals surface area contributed by atoms with Gasteiger partial charge in [0.25, 0.3) is 5.91 Å². The van der Waals surface area contributed by atoms with E-state index in [9.17, 15) is 9.59 Å². The highest BCUT2D eigenvalue weighted by molar-refractivity contribution is 6.31. The summed E-state index contributed by atoms with van der Waals surface area (Å²) in [7, 11) is 0. The lowest BCUT2D eigenvalue weighted by atomic mass is 9.98. The average molecular weight is 527 g/mol. The van der Waals surface area contributed by atoms with Crippen LogP contribution in [0.25, 0.3) is 11.0 Å². The van der Waals surface area contributed by atoms with Crippen molar-refractivity contribution in [3.05, 3.63) is 68.5 Å². The Hall–Kier alpha value is -3.07. The van der Waals surface area contributed by atoms with Crippen molar-refractivity contribution in [2.75, 3.05) is 52.6 Å². The molecular weight excluding hydrogens is 496 g/mol. The summed E-state index contributed by atoms with van der Waals surface area (Å²) in [6.45, 7) is 9.00. The molecule has 1 saturated heterocycles. The van der Waals surface area contributed by atoms with Crippen LogP contribution in [0.4, 0.5) is 0 Å². The Morgan fingerprint density at radius 2 is 1.81 bits per heavy atom. The molecule has 9 heteroatoms. The summed E-state index contributed by atoms with van der Waals surface area (Å²) in [6, 6.07) is 9.85. The standard InChI is InChI=1S/C28H31ClN2O6/c1-3-13-36-22-7-5-18(16-23(22)35-4-2)25-24-26(32)20-17-19(29)6-8-21(20)37-27(24)28(33)31(25)10-9-30-11-14-34-15-12-30/h5-8,16-17,25H,3-4,9-15H2,1-2H3. The number of benzene rings is 2. The van der Waals surface area contributed by atoms with Crippen LogP contribution >= 0.6 is 11.6 Å². The van der Waals surface area contributed by atoms with E-state index >= 15 is 0 Å². The predicted molar refractivity (Wildman–Crippen MR) is 141 cm³/mol. The first-order valence-electron chi connectivity index (χ1n) is 12.8. The first-order valence-corrected chi connectivity index (χ1v) is 13.2. The number of fused-ring (bicyclic) bond motifs is 2. The molecule has 196 valence electrons. The minimum absolute atomic E-state index is 0.0797. The Bertz CT molecular complexity index is 1350. The fourth-order valence-electron chi connectivity index (χ4n) is 4.94. The highest BCUT2D eigenvalue weighted by atomic mass is 35.5. The van der Waals surface area contributed by atoms with Crippen molar-refractivity contribution in [1.29, 1.82) is 0 Å². The van der Waals surface area contributed by atoms with Gasteiger partial charge in [0.2, 0.25) is 5.76 Å². The maximum absolute atomic E-state index is 13.8. The lowest BCUT2D eigenvalue weighted by molar-refractivity contribution is 0.0314. The molecule has 0 radical (unpaired) electrons. The van der Waals surface area contributed by atoms with E-state index in [1.807, 2.05) is 32.0 Å². The van der Waals surface area contributed by atoms with Gasteiger partial charge in [-0.2, -0.15) is 0 Å². The van der Waals surface area contributed by atoms with Crippen LogP contribution in [0, 0.1) is 0 Å². The van der Waals surface area contributed by atoms with Crippen molar-refractivity contribution in [2.45, 2.75) is 26.3 Å². The molecule has 1 atom stereocenters. The van der Waals surface area contributed by atoms with Crippen molar-refractivity contribution >= 4 is 28.5 Å². The molecule has 8 nitrogen and oxygen atoms in total. The molecule has 0 bridgehead atoms. The fourth-order valence-corrected chi connectivity index (χ4v) is 5.11. The molecule has 3 heterocycles. The second-order valence-corrected chi connectivity index (χ2v) is 9.59. The molecule has 2 aliphatic rings. The Morgan fingerprint density at radius 3 is 2.57 bits per heavy atom. The molecule has 0 aliphatic carbocycles. The maximum Gasteiger partial charge on any atom is 0.290 e. The molecule has 0 spiro atoms. The number of morpholine rings is 1. The van der Waals surface area contributed by atoms with E-state index in [1.54, 1.807) is 23.1 Å². The number of hydrogen-bond acceptors (Lipinski definition) is 7. The van der Waals surface area contributed by atoms with E-state index in [2.05, 4.69) is 4.90 Å². The molecule has 3 aromatic rings. The minimum Gasteiger partial charge on any atom is -0.490 e. The van der Waals surface area contributed by atoms with Crippen LogP contribution in [0.15, 0.2) is 45.6 Å². The summed E-state index contributed by atoms with van der Waals surface area (Å²) in [4.78, 5) is 31.5. The van der Waals surface area contributed by atoms with Crippen LogP contribution in [0.3, 0.4) is 0 Å². The third kappa shape index (κ3) is 5.06. The summed E-state index contributed by atoms with van der Waals surface area (Å²) >= 11 is 6.20. The third-order valence-electron chi connectivity index (χ3n) is 6.73. The number of halogens is 1. The summed E-state index contributed by atoms with van der Waals surface area (Å²) in [5, 5.41) is 0.785. The van der Waals surface area contributed by atoms with Gasteiger partial charge in [0.1, 0.15) is 5.58 Å². The summed E-state index contributed by atoms with van der Waals surface area (Å²) in [5.41, 5.74) is 1.17. The number of nitrogens with zero attached hydrogens (tertiary/aromatic N) is 2. The fraction of sp³-hybridized carbons (Fsp3) is 0.429. The molecule has 1 amide bonds. The Morgan fingerprint density at radius 1 is 1.00 bits per heavy atom. The van der Waals surface area contributed by atoms with Gasteiger partial charge in [-0.05, 0) is 49.2 Å². The quantitative estimate of drug-likeness (QED) is 0.405. The van der Waals surface area contributed by atoms with Crippen LogP contribution in [0.5, 0.6) is 11.5 Å². The van der Waals surface area contributed by atoms with Crippen LogP contribution in [-0.2, 0) is 4.74 Å². The molecule has 37 heavy (non-hydrogen) atoms. The van der Waals surface area contributed by atoms with Gasteiger partial charge in [0, 0.05) is 31.2 Å². The van der Waals surface area contributed by atoms with E-state index in [1.165, 1.54) is 0 Å². The van der Waals surface area contributed by atoms with Gasteiger partial charge in [0.05, 0.1) is 43.4 Å². The number of ether oxygens (including phenoxy) is 3. The van der Waals surface area contributed by atoms with E-state index in [-0.39, 0.29) is 17.1 Å². The van der Waals surface area contributed by atoms with Crippen LogP contribution < -0.4 is 14.9 Å².